The van der Waals surface area contributed by atoms with E-state index < -0.39 is 0 Å². The Morgan fingerprint density at radius 3 is 1.23 bits per heavy atom. The Kier molecular flexibility index (Phi) is 7.96. The van der Waals surface area contributed by atoms with E-state index in [1.165, 1.54) is 33.4 Å². The van der Waals surface area contributed by atoms with Crippen molar-refractivity contribution in [1.82, 2.24) is 0 Å². The van der Waals surface area contributed by atoms with Crippen LogP contribution < -0.4 is 0 Å². The van der Waals surface area contributed by atoms with E-state index in [9.17, 15) is 0 Å². The van der Waals surface area contributed by atoms with Crippen molar-refractivity contribution in [3.63, 3.8) is 0 Å². The number of hydrogen-bond donors (Lipinski definition) is 0. The molecule has 1 atom stereocenters. The van der Waals surface area contributed by atoms with Crippen molar-refractivity contribution < 1.29 is 0 Å². The molecule has 0 heteroatoms. The molecule has 35 heavy (non-hydrogen) atoms. The highest BCUT2D eigenvalue weighted by Crippen LogP contribution is 2.42. The summed E-state index contributed by atoms with van der Waals surface area (Å²) >= 11 is 0. The Labute approximate surface area is 219 Å². The lowest BCUT2D eigenvalue weighted by Crippen LogP contribution is -2.28. The van der Waals surface area contributed by atoms with E-state index in [1.807, 2.05) is 0 Å². The molecule has 0 aliphatic heterocycles. The fourth-order valence-corrected chi connectivity index (χ4v) is 5.43. The molecule has 0 amide bonds. The van der Waals surface area contributed by atoms with Crippen LogP contribution in [0.2, 0.25) is 0 Å². The average molecular weight is 477 g/mol. The molecule has 0 bridgehead atoms. The van der Waals surface area contributed by atoms with Crippen molar-refractivity contribution in [2.75, 3.05) is 0 Å². The van der Waals surface area contributed by atoms with Crippen LogP contribution in [0.15, 0.2) is 30.3 Å². The molecule has 0 nitrogen and oxygen atoms in total. The van der Waals surface area contributed by atoms with Crippen molar-refractivity contribution in [1.29, 1.82) is 0 Å². The number of rotatable bonds is 3. The maximum atomic E-state index is 2.53. The van der Waals surface area contributed by atoms with Crippen molar-refractivity contribution >= 4 is 0 Å². The highest BCUT2D eigenvalue weighted by Gasteiger charge is 2.32. The lowest BCUT2D eigenvalue weighted by Gasteiger charge is -2.37. The van der Waals surface area contributed by atoms with E-state index >= 15 is 0 Å². The van der Waals surface area contributed by atoms with Gasteiger partial charge < -0.3 is 0 Å². The second kappa shape index (κ2) is 9.39. The van der Waals surface area contributed by atoms with Crippen LogP contribution in [0.3, 0.4) is 0 Å². The van der Waals surface area contributed by atoms with E-state index in [1.54, 1.807) is 5.56 Å². The molecule has 2 aromatic rings. The van der Waals surface area contributed by atoms with Gasteiger partial charge in [0.25, 0.3) is 0 Å². The predicted octanol–water partition coefficient (Wildman–Crippen LogP) is 10.5. The third kappa shape index (κ3) is 7.02. The maximum absolute atomic E-state index is 2.53. The zero-order valence-corrected chi connectivity index (χ0v) is 26.2. The van der Waals surface area contributed by atoms with Gasteiger partial charge in [-0.05, 0) is 78.4 Å². The van der Waals surface area contributed by atoms with E-state index in [0.29, 0.717) is 5.92 Å². The van der Waals surface area contributed by atoms with Gasteiger partial charge in [-0.25, -0.2) is 0 Å². The first-order valence-electron chi connectivity index (χ1n) is 13.8. The van der Waals surface area contributed by atoms with Crippen molar-refractivity contribution in [3.05, 3.63) is 69.3 Å². The van der Waals surface area contributed by atoms with Gasteiger partial charge in [0, 0.05) is 0 Å². The van der Waals surface area contributed by atoms with Crippen molar-refractivity contribution in [2.45, 2.75) is 150 Å². The Balaban J connectivity index is 2.66. The molecule has 0 aromatic heterocycles. The zero-order valence-electron chi connectivity index (χ0n) is 26.2. The maximum Gasteiger partial charge on any atom is -0.0126 e. The third-order valence-corrected chi connectivity index (χ3v) is 7.33. The summed E-state index contributed by atoms with van der Waals surface area (Å²) in [5.41, 5.74) is 11.1. The molecule has 196 valence electrons. The third-order valence-electron chi connectivity index (χ3n) is 7.33. The van der Waals surface area contributed by atoms with Gasteiger partial charge in [0.15, 0.2) is 0 Å². The summed E-state index contributed by atoms with van der Waals surface area (Å²) in [7, 11) is 0. The van der Waals surface area contributed by atoms with Crippen LogP contribution in [0.1, 0.15) is 156 Å². The normalized spacial score (nSPS) is 14.9. The molecule has 0 spiro atoms. The van der Waals surface area contributed by atoms with Crippen molar-refractivity contribution in [2.24, 2.45) is 0 Å². The summed E-state index contributed by atoms with van der Waals surface area (Å²) < 4.78 is 0. The Morgan fingerprint density at radius 1 is 0.486 bits per heavy atom. The van der Waals surface area contributed by atoms with Crippen LogP contribution in [-0.2, 0) is 33.5 Å². The average Bonchev–Trinajstić information content (AvgIpc) is 2.63. The van der Waals surface area contributed by atoms with Gasteiger partial charge in [0.2, 0.25) is 0 Å². The molecule has 0 N–H and O–H groups in total. The van der Waals surface area contributed by atoms with Gasteiger partial charge in [-0.2, -0.15) is 0 Å². The fraction of sp³-hybridized carbons (Fsp3) is 0.657. The smallest absolute Gasteiger partial charge is 0.0126 e. The molecule has 1 unspecified atom stereocenters. The van der Waals surface area contributed by atoms with Crippen LogP contribution in [0, 0.1) is 0 Å². The molecule has 0 radical (unpaired) electrons. The minimum absolute atomic E-state index is 0.107. The predicted molar refractivity (Wildman–Crippen MR) is 159 cm³/mol. The second-order valence-electron chi connectivity index (χ2n) is 16.2. The fourth-order valence-electron chi connectivity index (χ4n) is 5.43. The molecule has 0 saturated carbocycles. The van der Waals surface area contributed by atoms with Gasteiger partial charge >= 0.3 is 0 Å². The summed E-state index contributed by atoms with van der Waals surface area (Å²) in [6.45, 7) is 37.8. The van der Waals surface area contributed by atoms with Gasteiger partial charge in [-0.3, -0.25) is 0 Å². The van der Waals surface area contributed by atoms with Crippen molar-refractivity contribution in [3.8, 4) is 0 Å². The molecular formula is C35H56. The zero-order chi connectivity index (χ0) is 27.4. The Bertz CT molecular complexity index is 993. The second-order valence-corrected chi connectivity index (χ2v) is 16.2. The summed E-state index contributed by atoms with van der Waals surface area (Å²) in [5, 5.41) is 0. The first-order valence-corrected chi connectivity index (χ1v) is 13.8. The summed E-state index contributed by atoms with van der Waals surface area (Å²) in [6, 6.07) is 12.3. The molecule has 2 rings (SSSR count). The summed E-state index contributed by atoms with van der Waals surface area (Å²) in [5.74, 6) is 0.464. The first-order chi connectivity index (χ1) is 15.4. The minimum Gasteiger partial charge on any atom is -0.0584 e. The van der Waals surface area contributed by atoms with Gasteiger partial charge in [0.05, 0.1) is 0 Å². The van der Waals surface area contributed by atoms with E-state index in [4.69, 9.17) is 0 Å². The molecule has 2 aromatic carbocycles. The Hall–Kier alpha value is -1.56. The molecular weight excluding hydrogens is 420 g/mol. The monoisotopic (exact) mass is 476 g/mol. The summed E-state index contributed by atoms with van der Waals surface area (Å²) in [6.07, 6.45) is 1.06. The summed E-state index contributed by atoms with van der Waals surface area (Å²) in [4.78, 5) is 0. The number of hydrogen-bond acceptors (Lipinski definition) is 0. The quantitative estimate of drug-likeness (QED) is 0.413. The highest BCUT2D eigenvalue weighted by atomic mass is 14.4. The molecule has 0 aliphatic rings. The van der Waals surface area contributed by atoms with Gasteiger partial charge in [-0.15, -0.1) is 0 Å². The van der Waals surface area contributed by atoms with E-state index in [0.717, 1.165) is 6.42 Å². The van der Waals surface area contributed by atoms with Gasteiger partial charge in [-0.1, -0.05) is 141 Å². The Morgan fingerprint density at radius 2 is 0.886 bits per heavy atom. The van der Waals surface area contributed by atoms with E-state index in [2.05, 4.69) is 141 Å². The molecule has 0 aliphatic carbocycles. The van der Waals surface area contributed by atoms with Crippen LogP contribution in [-0.4, -0.2) is 0 Å². The first kappa shape index (κ1) is 29.7. The molecule has 0 heterocycles. The SMILES string of the molecule is CC(Cc1cc(C(C)(C)C)c(C(C)(C)C)c(C(C)(C)C)c1)c1ccc(C(C)(C)C)c(C(C)(C)C)c1. The van der Waals surface area contributed by atoms with Crippen LogP contribution in [0.5, 0.6) is 0 Å². The largest absolute Gasteiger partial charge is 0.0584 e. The minimum atomic E-state index is 0.107. The molecule has 0 fully saturated rings. The standard InChI is InChI=1S/C35H56/c1-23(25-17-18-26(31(2,3)4)27(22-25)32(5,6)7)19-24-20-28(33(8,9)10)30(35(14,15)16)29(21-24)34(11,12)13/h17-18,20-23H,19H2,1-16H3. The lowest BCUT2D eigenvalue weighted by atomic mass is 9.67. The topological polar surface area (TPSA) is 0 Å². The highest BCUT2D eigenvalue weighted by molar-refractivity contribution is 5.50. The number of benzene rings is 2. The van der Waals surface area contributed by atoms with E-state index in [-0.39, 0.29) is 27.1 Å². The van der Waals surface area contributed by atoms with Gasteiger partial charge in [0.1, 0.15) is 0 Å². The molecule has 0 saturated heterocycles. The van der Waals surface area contributed by atoms with Crippen LogP contribution in [0.4, 0.5) is 0 Å². The van der Waals surface area contributed by atoms with Crippen LogP contribution in [0.25, 0.3) is 0 Å². The van der Waals surface area contributed by atoms with Crippen LogP contribution >= 0.6 is 0 Å². The lowest BCUT2D eigenvalue weighted by molar-refractivity contribution is 0.496.